The first-order valence-corrected chi connectivity index (χ1v) is 20.0. The fourth-order valence-electron chi connectivity index (χ4n) is 6.70. The molecule has 7 rings (SSSR count). The number of aliphatic hydroxyl groups is 1. The van der Waals surface area contributed by atoms with E-state index >= 15 is 0 Å². The van der Waals surface area contributed by atoms with E-state index in [1.807, 2.05) is 90.0 Å². The van der Waals surface area contributed by atoms with Gasteiger partial charge in [0.15, 0.2) is 12.1 Å². The molecule has 0 radical (unpaired) electrons. The van der Waals surface area contributed by atoms with E-state index in [4.69, 9.17) is 21.3 Å². The fourth-order valence-corrected chi connectivity index (χ4v) is 6.70. The first-order chi connectivity index (χ1) is 28.7. The second-order valence-electron chi connectivity index (χ2n) is 15.0. The highest BCUT2D eigenvalue weighted by Crippen LogP contribution is 2.48. The highest BCUT2D eigenvalue weighted by Gasteiger charge is 2.36. The normalized spacial score (nSPS) is 16.5. The number of ether oxygens (including phenoxy) is 1. The quantitative estimate of drug-likeness (QED) is 0.0465. The number of fused-ring (bicyclic) bond motifs is 3. The topological polar surface area (TPSA) is 218 Å². The number of aliphatic hydroxyl groups excluding tert-OH is 1. The number of benzene rings is 1. The van der Waals surface area contributed by atoms with Gasteiger partial charge in [-0.25, -0.2) is 9.98 Å². The van der Waals surface area contributed by atoms with Gasteiger partial charge in [0, 0.05) is 54.8 Å². The van der Waals surface area contributed by atoms with Crippen LogP contribution in [0.5, 0.6) is 6.01 Å². The van der Waals surface area contributed by atoms with Crippen molar-refractivity contribution in [3.8, 4) is 17.1 Å². The van der Waals surface area contributed by atoms with Crippen molar-refractivity contribution in [2.75, 3.05) is 64.6 Å². The fraction of sp³-hybridized carbons (Fsp3) is 0.419. The summed E-state index contributed by atoms with van der Waals surface area (Å²) in [5.41, 5.74) is 19.8. The number of para-hydroxylation sites is 1. The predicted octanol–water partition coefficient (Wildman–Crippen LogP) is 5.05. The number of nitrogens with zero attached hydrogens (tertiary/aromatic N) is 9. The number of amides is 1. The summed E-state index contributed by atoms with van der Waals surface area (Å²) >= 11 is 0. The van der Waals surface area contributed by atoms with Crippen LogP contribution in [0, 0.1) is 13.8 Å². The number of carbonyl (C=O) groups excluding carboxylic acids is 2. The Bertz CT molecular complexity index is 2140. The summed E-state index contributed by atoms with van der Waals surface area (Å²) in [6.07, 6.45) is 8.57. The molecule has 7 N–H and O–H groups in total. The van der Waals surface area contributed by atoms with E-state index in [0.717, 1.165) is 52.8 Å². The number of hydrogen-bond donors (Lipinski definition) is 5. The van der Waals surface area contributed by atoms with Crippen molar-refractivity contribution in [2.24, 2.45) is 16.5 Å². The number of aldehydes is 1. The number of amidine groups is 1. The van der Waals surface area contributed by atoms with Gasteiger partial charge < -0.3 is 46.6 Å². The van der Waals surface area contributed by atoms with E-state index in [-0.39, 0.29) is 35.7 Å². The summed E-state index contributed by atoms with van der Waals surface area (Å²) in [5.74, 6) is 0.437. The highest BCUT2D eigenvalue weighted by atomic mass is 16.5. The summed E-state index contributed by atoms with van der Waals surface area (Å²) in [7, 11) is 7.94. The van der Waals surface area contributed by atoms with Gasteiger partial charge in [0.1, 0.15) is 17.8 Å². The van der Waals surface area contributed by atoms with Crippen LogP contribution in [-0.2, 0) is 4.79 Å². The largest absolute Gasteiger partial charge is 0.513 e. The zero-order valence-electron chi connectivity index (χ0n) is 36.3. The van der Waals surface area contributed by atoms with Crippen molar-refractivity contribution in [2.45, 2.75) is 65.6 Å². The van der Waals surface area contributed by atoms with Gasteiger partial charge in [0.05, 0.1) is 52.8 Å². The molecule has 0 aliphatic carbocycles. The van der Waals surface area contributed by atoms with E-state index in [0.29, 0.717) is 36.0 Å². The van der Waals surface area contributed by atoms with Crippen molar-refractivity contribution in [3.05, 3.63) is 95.2 Å². The van der Waals surface area contributed by atoms with Crippen molar-refractivity contribution >= 4 is 35.7 Å². The highest BCUT2D eigenvalue weighted by molar-refractivity contribution is 5.96. The van der Waals surface area contributed by atoms with Crippen LogP contribution in [0.25, 0.3) is 11.1 Å². The van der Waals surface area contributed by atoms with Crippen LogP contribution in [-0.4, -0.2) is 119 Å². The summed E-state index contributed by atoms with van der Waals surface area (Å²) in [4.78, 5) is 44.4. The Morgan fingerprint density at radius 2 is 1.67 bits per heavy atom. The first-order valence-electron chi connectivity index (χ1n) is 20.0. The Balaban J connectivity index is 0.000000363. The Morgan fingerprint density at radius 3 is 2.23 bits per heavy atom. The summed E-state index contributed by atoms with van der Waals surface area (Å²) in [6, 6.07) is 13.3. The third-order valence-electron chi connectivity index (χ3n) is 9.65. The Kier molecular flexibility index (Phi) is 17.1. The average Bonchev–Trinajstić information content (AvgIpc) is 3.86. The SMILES string of the molecule is CN1CCCC1.CNC.Cc1cc(N=C(N)/C=C(Nc2cccc3c2N(C)C(C)c2c-3cnn2C2CN(C=O)C2)\C(N)=C/O)nc(OC(C)C)n1.Cc1cccc(C=O)n1. The standard InChI is InChI=1S/C29H36N10O3.C7H7NO.C5H11N.C2H7N/c1-16(2)42-29-33-17(3)9-26(36-29)35-25(31)10-24(22(30)14-40)34-23-8-6-7-20-21-11-32-39(19-12-38(13-19)15-41)27(21)18(4)37(5)28(20)23;1-6-3-2-4-7(5-9)8-6;1-6-4-2-3-5-6;1-3-2/h6-11,14-16,18-19,34,40H,12-13,30H2,1-5H3,(H2,31,33,35,36);2-5H,1H3;2-5H2,1H3;3H,1-2H3/b22-14+,24-10+;;;. The van der Waals surface area contributed by atoms with Gasteiger partial charge >= 0.3 is 6.01 Å². The van der Waals surface area contributed by atoms with Crippen LogP contribution in [0.3, 0.4) is 0 Å². The molecule has 0 spiro atoms. The summed E-state index contributed by atoms with van der Waals surface area (Å²) in [6.45, 7) is 13.5. The molecule has 1 amide bonds. The van der Waals surface area contributed by atoms with Crippen molar-refractivity contribution in [1.82, 2.24) is 39.8 Å². The van der Waals surface area contributed by atoms with Crippen LogP contribution in [0.4, 0.5) is 17.2 Å². The maximum Gasteiger partial charge on any atom is 0.318 e. The molecule has 1 atom stereocenters. The van der Waals surface area contributed by atoms with E-state index in [1.165, 1.54) is 32.0 Å². The lowest BCUT2D eigenvalue weighted by atomic mass is 9.93. The number of aromatic nitrogens is 5. The Labute approximate surface area is 353 Å². The van der Waals surface area contributed by atoms with Crippen LogP contribution in [0.15, 0.2) is 77.4 Å². The predicted molar refractivity (Wildman–Crippen MR) is 238 cm³/mol. The lowest BCUT2D eigenvalue weighted by Gasteiger charge is -2.41. The number of pyridine rings is 1. The Morgan fingerprint density at radius 1 is 0.983 bits per heavy atom. The summed E-state index contributed by atoms with van der Waals surface area (Å²) in [5, 5.41) is 20.6. The number of aryl methyl sites for hydroxylation is 2. The van der Waals surface area contributed by atoms with Crippen LogP contribution in [0.1, 0.15) is 73.3 Å². The summed E-state index contributed by atoms with van der Waals surface area (Å²) < 4.78 is 7.66. The smallest absolute Gasteiger partial charge is 0.318 e. The van der Waals surface area contributed by atoms with E-state index in [9.17, 15) is 14.7 Å². The first kappa shape index (κ1) is 46.4. The number of aliphatic imine (C=N–C) groups is 1. The van der Waals surface area contributed by atoms with Gasteiger partial charge in [0.2, 0.25) is 6.41 Å². The molecule has 3 aliphatic rings. The molecule has 17 heteroatoms. The van der Waals surface area contributed by atoms with Crippen molar-refractivity contribution in [3.63, 3.8) is 0 Å². The molecule has 3 aromatic heterocycles. The number of likely N-dealkylation sites (tertiary alicyclic amines) is 2. The molecule has 3 aliphatic heterocycles. The third-order valence-corrected chi connectivity index (χ3v) is 9.65. The molecule has 2 fully saturated rings. The van der Waals surface area contributed by atoms with Gasteiger partial charge in [-0.1, -0.05) is 18.2 Å². The Hall–Kier alpha value is -6.33. The molecule has 17 nitrogen and oxygen atoms in total. The monoisotopic (exact) mass is 823 g/mol. The lowest BCUT2D eigenvalue weighted by Crippen LogP contribution is -2.48. The molecule has 4 aromatic rings. The number of hydrogen-bond acceptors (Lipinski definition) is 14. The van der Waals surface area contributed by atoms with Crippen molar-refractivity contribution < 1.29 is 19.4 Å². The number of rotatable bonds is 10. The zero-order valence-corrected chi connectivity index (χ0v) is 36.3. The van der Waals surface area contributed by atoms with E-state index in [2.05, 4.69) is 54.3 Å². The molecular formula is C43H61N13O4. The van der Waals surface area contributed by atoms with Gasteiger partial charge in [-0.3, -0.25) is 19.3 Å². The molecule has 0 saturated carbocycles. The zero-order chi connectivity index (χ0) is 43.9. The molecule has 6 heterocycles. The molecule has 1 unspecified atom stereocenters. The number of carbonyl (C=O) groups is 2. The van der Waals surface area contributed by atoms with Crippen LogP contribution >= 0.6 is 0 Å². The second-order valence-corrected chi connectivity index (χ2v) is 15.0. The van der Waals surface area contributed by atoms with E-state index < -0.39 is 0 Å². The molecule has 2 saturated heterocycles. The maximum absolute atomic E-state index is 11.1. The molecule has 1 aromatic carbocycles. The molecule has 60 heavy (non-hydrogen) atoms. The minimum Gasteiger partial charge on any atom is -0.513 e. The molecular weight excluding hydrogens is 763 g/mol. The van der Waals surface area contributed by atoms with Gasteiger partial charge in [0.25, 0.3) is 0 Å². The van der Waals surface area contributed by atoms with Crippen molar-refractivity contribution in [1.29, 1.82) is 0 Å². The number of nitrogens with two attached hydrogens (primary N) is 2. The van der Waals surface area contributed by atoms with Gasteiger partial charge in [-0.15, -0.1) is 0 Å². The van der Waals surface area contributed by atoms with Crippen LogP contribution < -0.4 is 31.7 Å². The maximum atomic E-state index is 11.1. The molecule has 322 valence electrons. The van der Waals surface area contributed by atoms with Crippen LogP contribution in [0.2, 0.25) is 0 Å². The van der Waals surface area contributed by atoms with E-state index in [1.54, 1.807) is 17.0 Å². The number of nitrogens with one attached hydrogen (secondary N) is 2. The number of anilines is 2. The van der Waals surface area contributed by atoms with Gasteiger partial charge in [-0.05, 0) is 99.9 Å². The minimum absolute atomic E-state index is 0.00344. The third kappa shape index (κ3) is 12.3. The minimum atomic E-state index is -0.0970. The average molecular weight is 824 g/mol. The lowest BCUT2D eigenvalue weighted by molar-refractivity contribution is -0.123. The second kappa shape index (κ2) is 22.2. The van der Waals surface area contributed by atoms with Gasteiger partial charge in [-0.2, -0.15) is 10.1 Å². The molecule has 0 bridgehead atoms.